The van der Waals surface area contributed by atoms with Crippen molar-refractivity contribution >= 4 is 5.91 Å². The summed E-state index contributed by atoms with van der Waals surface area (Å²) in [6.07, 6.45) is -2.15. The van der Waals surface area contributed by atoms with Gasteiger partial charge in [-0.15, -0.1) is 0 Å². The number of aromatic nitrogens is 1. The van der Waals surface area contributed by atoms with E-state index in [2.05, 4.69) is 10.5 Å². The zero-order valence-electron chi connectivity index (χ0n) is 17.5. The molecule has 3 aromatic rings. The summed E-state index contributed by atoms with van der Waals surface area (Å²) in [5.74, 6) is -0.415. The molecule has 168 valence electrons. The van der Waals surface area contributed by atoms with E-state index in [1.807, 2.05) is 30.3 Å². The first-order chi connectivity index (χ1) is 15.3. The number of rotatable bonds is 6. The molecule has 0 saturated heterocycles. The number of halogens is 3. The molecule has 5 nitrogen and oxygen atoms in total. The van der Waals surface area contributed by atoms with E-state index in [0.29, 0.717) is 12.3 Å². The van der Waals surface area contributed by atoms with E-state index < -0.39 is 17.6 Å². The van der Waals surface area contributed by atoms with Gasteiger partial charge >= 0.3 is 6.18 Å². The Morgan fingerprint density at radius 2 is 1.94 bits per heavy atom. The number of hydrogen-bond acceptors (Lipinski definition) is 4. The van der Waals surface area contributed by atoms with Crippen LogP contribution in [0.25, 0.3) is 11.3 Å². The number of nitrogens with one attached hydrogen (secondary N) is 1. The molecular formula is C24H23F3N2O3. The molecule has 1 heterocycles. The largest absolute Gasteiger partial charge is 0.416 e. The van der Waals surface area contributed by atoms with Crippen molar-refractivity contribution in [3.05, 3.63) is 77.0 Å². The van der Waals surface area contributed by atoms with Crippen LogP contribution < -0.4 is 5.32 Å². The predicted molar refractivity (Wildman–Crippen MR) is 112 cm³/mol. The Morgan fingerprint density at radius 3 is 2.69 bits per heavy atom. The summed E-state index contributed by atoms with van der Waals surface area (Å²) < 4.78 is 50.6. The second-order valence-corrected chi connectivity index (χ2v) is 7.90. The normalized spacial score (nSPS) is 18.6. The Bertz CT molecular complexity index is 1080. The molecule has 2 aromatic carbocycles. The zero-order valence-corrected chi connectivity index (χ0v) is 17.5. The molecule has 1 N–H and O–H groups in total. The lowest BCUT2D eigenvalue weighted by molar-refractivity contribution is -0.137. The van der Waals surface area contributed by atoms with E-state index >= 15 is 0 Å². The molecule has 0 bridgehead atoms. The van der Waals surface area contributed by atoms with Crippen LogP contribution in [0.15, 0.2) is 59.1 Å². The number of carbonyl (C=O) groups is 1. The molecule has 0 aliphatic heterocycles. The van der Waals surface area contributed by atoms with Crippen molar-refractivity contribution in [3.63, 3.8) is 0 Å². The number of amides is 1. The Morgan fingerprint density at radius 1 is 1.16 bits per heavy atom. The van der Waals surface area contributed by atoms with Crippen LogP contribution in [0.5, 0.6) is 0 Å². The van der Waals surface area contributed by atoms with Gasteiger partial charge < -0.3 is 14.6 Å². The molecule has 1 aliphatic carbocycles. The Kier molecular flexibility index (Phi) is 6.32. The molecule has 0 unspecified atom stereocenters. The zero-order chi connectivity index (χ0) is 22.7. The van der Waals surface area contributed by atoms with E-state index in [0.717, 1.165) is 37.0 Å². The standard InChI is InChI=1S/C24H23F3N2O3/c1-15-21(22(32-29-15)17-9-5-10-18(13-17)24(25,26)27)23(30)28-19-11-6-12-20(19)31-14-16-7-3-2-4-8-16/h2-5,7-10,13,19-20H,6,11-12,14H2,1H3,(H,28,30)/t19-,20-/m0/s1. The van der Waals surface area contributed by atoms with E-state index in [-0.39, 0.29) is 29.0 Å². The molecular weight excluding hydrogens is 421 g/mol. The number of hydrogen-bond donors (Lipinski definition) is 1. The summed E-state index contributed by atoms with van der Waals surface area (Å²) >= 11 is 0. The highest BCUT2D eigenvalue weighted by atomic mass is 19.4. The van der Waals surface area contributed by atoms with Crippen LogP contribution in [0.1, 0.15) is 46.4 Å². The Balaban J connectivity index is 1.50. The minimum Gasteiger partial charge on any atom is -0.371 e. The smallest absolute Gasteiger partial charge is 0.371 e. The number of ether oxygens (including phenoxy) is 1. The van der Waals surface area contributed by atoms with Gasteiger partial charge in [-0.3, -0.25) is 4.79 Å². The highest BCUT2D eigenvalue weighted by molar-refractivity contribution is 6.00. The summed E-state index contributed by atoms with van der Waals surface area (Å²) in [5, 5.41) is 6.80. The minimum absolute atomic E-state index is 0.0193. The van der Waals surface area contributed by atoms with Crippen LogP contribution in [0.2, 0.25) is 0 Å². The van der Waals surface area contributed by atoms with Gasteiger partial charge in [-0.2, -0.15) is 13.2 Å². The second-order valence-electron chi connectivity index (χ2n) is 7.90. The first-order valence-electron chi connectivity index (χ1n) is 10.4. The molecule has 4 rings (SSSR count). The van der Waals surface area contributed by atoms with E-state index in [1.165, 1.54) is 12.1 Å². The predicted octanol–water partition coefficient (Wildman–Crippen LogP) is 5.54. The lowest BCUT2D eigenvalue weighted by Crippen LogP contribution is -2.41. The fourth-order valence-electron chi connectivity index (χ4n) is 3.98. The fraction of sp³-hybridized carbons (Fsp3) is 0.333. The molecule has 8 heteroatoms. The Labute approximate surface area is 183 Å². The number of aryl methyl sites for hydroxylation is 1. The third kappa shape index (κ3) is 4.85. The SMILES string of the molecule is Cc1noc(-c2cccc(C(F)(F)F)c2)c1C(=O)N[C@H]1CCC[C@@H]1OCc1ccccc1. The van der Waals surface area contributed by atoms with Crippen molar-refractivity contribution in [2.45, 2.75) is 51.1 Å². The summed E-state index contributed by atoms with van der Waals surface area (Å²) in [5.41, 5.74) is 0.827. The van der Waals surface area contributed by atoms with Crippen molar-refractivity contribution < 1.29 is 27.2 Å². The average Bonchev–Trinajstić information content (AvgIpc) is 3.38. The highest BCUT2D eigenvalue weighted by Crippen LogP contribution is 2.34. The summed E-state index contributed by atoms with van der Waals surface area (Å²) in [7, 11) is 0. The van der Waals surface area contributed by atoms with Gasteiger partial charge in [0.15, 0.2) is 5.76 Å². The van der Waals surface area contributed by atoms with Crippen LogP contribution in [0.4, 0.5) is 13.2 Å². The molecule has 1 saturated carbocycles. The van der Waals surface area contributed by atoms with Gasteiger partial charge in [-0.25, -0.2) is 0 Å². The summed E-state index contributed by atoms with van der Waals surface area (Å²) in [6.45, 7) is 2.03. The number of benzene rings is 2. The van der Waals surface area contributed by atoms with Crippen molar-refractivity contribution in [2.24, 2.45) is 0 Å². The number of alkyl halides is 3. The first-order valence-corrected chi connectivity index (χ1v) is 10.4. The van der Waals surface area contributed by atoms with Gasteiger partial charge in [-0.05, 0) is 43.9 Å². The van der Waals surface area contributed by atoms with Crippen LogP contribution in [0.3, 0.4) is 0 Å². The monoisotopic (exact) mass is 444 g/mol. The lowest BCUT2D eigenvalue weighted by Gasteiger charge is -2.21. The lowest BCUT2D eigenvalue weighted by atomic mass is 10.0. The summed E-state index contributed by atoms with van der Waals surface area (Å²) in [4.78, 5) is 13.1. The van der Waals surface area contributed by atoms with Gasteiger partial charge in [-0.1, -0.05) is 47.6 Å². The fourth-order valence-corrected chi connectivity index (χ4v) is 3.98. The van der Waals surface area contributed by atoms with E-state index in [9.17, 15) is 18.0 Å². The molecule has 1 aliphatic rings. The molecule has 1 aromatic heterocycles. The Hall–Kier alpha value is -3.13. The highest BCUT2D eigenvalue weighted by Gasteiger charge is 2.33. The molecule has 32 heavy (non-hydrogen) atoms. The average molecular weight is 444 g/mol. The van der Waals surface area contributed by atoms with Crippen molar-refractivity contribution in [1.82, 2.24) is 10.5 Å². The third-order valence-corrected chi connectivity index (χ3v) is 5.62. The van der Waals surface area contributed by atoms with Crippen molar-refractivity contribution in [2.75, 3.05) is 0 Å². The molecule has 2 atom stereocenters. The van der Waals surface area contributed by atoms with E-state index in [1.54, 1.807) is 6.92 Å². The maximum Gasteiger partial charge on any atom is 0.416 e. The topological polar surface area (TPSA) is 64.4 Å². The minimum atomic E-state index is -4.50. The number of carbonyl (C=O) groups excluding carboxylic acids is 1. The quantitative estimate of drug-likeness (QED) is 0.543. The van der Waals surface area contributed by atoms with Gasteiger partial charge in [0, 0.05) is 5.56 Å². The summed E-state index contributed by atoms with van der Waals surface area (Å²) in [6, 6.07) is 14.2. The first kappa shape index (κ1) is 22.1. The van der Waals surface area contributed by atoms with Crippen LogP contribution >= 0.6 is 0 Å². The van der Waals surface area contributed by atoms with Crippen molar-refractivity contribution in [3.8, 4) is 11.3 Å². The molecule has 0 radical (unpaired) electrons. The number of nitrogens with zero attached hydrogens (tertiary/aromatic N) is 1. The van der Waals surface area contributed by atoms with Gasteiger partial charge in [0.25, 0.3) is 5.91 Å². The van der Waals surface area contributed by atoms with Gasteiger partial charge in [0.2, 0.25) is 0 Å². The maximum absolute atomic E-state index is 13.1. The van der Waals surface area contributed by atoms with Gasteiger partial charge in [0.1, 0.15) is 5.56 Å². The van der Waals surface area contributed by atoms with Crippen molar-refractivity contribution in [1.29, 1.82) is 0 Å². The van der Waals surface area contributed by atoms with Crippen LogP contribution in [-0.4, -0.2) is 23.2 Å². The molecule has 0 spiro atoms. The van der Waals surface area contributed by atoms with E-state index in [4.69, 9.17) is 9.26 Å². The molecule has 1 amide bonds. The van der Waals surface area contributed by atoms with Gasteiger partial charge in [0.05, 0.1) is 30.0 Å². The third-order valence-electron chi connectivity index (χ3n) is 5.62. The van der Waals surface area contributed by atoms with Crippen LogP contribution in [-0.2, 0) is 17.5 Å². The second kappa shape index (κ2) is 9.16. The maximum atomic E-state index is 13.1. The van der Waals surface area contributed by atoms with Crippen LogP contribution in [0, 0.1) is 6.92 Å². The molecule has 1 fully saturated rings.